The van der Waals surface area contributed by atoms with E-state index in [4.69, 9.17) is 18.9 Å². The molecule has 0 aliphatic rings. The number of aromatic nitrogens is 2. The highest BCUT2D eigenvalue weighted by Crippen LogP contribution is 2.34. The van der Waals surface area contributed by atoms with Gasteiger partial charge in [-0.05, 0) is 92.9 Å². The number of hydrogen-bond acceptors (Lipinski definition) is 7. The Kier molecular flexibility index (Phi) is 7.78. The van der Waals surface area contributed by atoms with Gasteiger partial charge < -0.3 is 13.9 Å². The number of para-hydroxylation sites is 1. The predicted octanol–water partition coefficient (Wildman–Crippen LogP) is 6.92. The number of furan rings is 1. The van der Waals surface area contributed by atoms with Crippen molar-refractivity contribution in [1.29, 1.82) is 0 Å². The summed E-state index contributed by atoms with van der Waals surface area (Å²) < 4.78 is 19.8. The van der Waals surface area contributed by atoms with Crippen LogP contribution in [0.1, 0.15) is 12.5 Å². The minimum absolute atomic E-state index is 0.228. The summed E-state index contributed by atoms with van der Waals surface area (Å²) in [5, 5.41) is 5.78. The quantitative estimate of drug-likeness (QED) is 0.135. The molecule has 0 spiro atoms. The number of hydrogen-bond donors (Lipinski definition) is 0. The van der Waals surface area contributed by atoms with Gasteiger partial charge in [-0.3, -0.25) is 4.79 Å². The minimum atomic E-state index is -0.467. The van der Waals surface area contributed by atoms with Gasteiger partial charge in [0.1, 0.15) is 11.3 Å². The second-order valence-corrected chi connectivity index (χ2v) is 10.6. The van der Waals surface area contributed by atoms with Crippen LogP contribution in [0.25, 0.3) is 33.5 Å². The largest absolute Gasteiger partial charge is 0.480 e. The van der Waals surface area contributed by atoms with Crippen molar-refractivity contribution in [3.05, 3.63) is 90.0 Å². The topological polar surface area (TPSA) is 95.9 Å². The lowest BCUT2D eigenvalue weighted by atomic mass is 10.2. The Hall–Kier alpha value is -3.28. The van der Waals surface area contributed by atoms with Crippen LogP contribution >= 0.6 is 47.8 Å². The normalized spacial score (nSPS) is 11.5. The molecule has 5 rings (SSSR count). The number of rotatable bonds is 7. The van der Waals surface area contributed by atoms with Crippen molar-refractivity contribution >= 4 is 81.8 Å². The predicted molar refractivity (Wildman–Crippen MR) is 156 cm³/mol. The molecule has 11 heteroatoms. The number of nitrogens with zero attached hydrogens (tertiary/aromatic N) is 3. The van der Waals surface area contributed by atoms with Crippen molar-refractivity contribution in [1.82, 2.24) is 9.66 Å². The Bertz CT molecular complexity index is 1750. The lowest BCUT2D eigenvalue weighted by Crippen LogP contribution is -2.20. The molecule has 0 bridgehead atoms. The van der Waals surface area contributed by atoms with Crippen molar-refractivity contribution in [2.24, 2.45) is 5.10 Å². The van der Waals surface area contributed by atoms with E-state index in [0.29, 0.717) is 42.5 Å². The molecule has 0 fully saturated rings. The van der Waals surface area contributed by atoms with Crippen LogP contribution in [0, 0.1) is 0 Å². The number of benzene rings is 3. The Morgan fingerprint density at radius 3 is 2.61 bits per heavy atom. The number of carbonyl (C=O) groups excluding carboxylic acids is 1. The molecular weight excluding hydrogens is 686 g/mol. The fourth-order valence-corrected chi connectivity index (χ4v) is 5.59. The Morgan fingerprint density at radius 1 is 1.08 bits per heavy atom. The monoisotopic (exact) mass is 701 g/mol. The van der Waals surface area contributed by atoms with Crippen LogP contribution in [0.5, 0.6) is 5.75 Å². The third-order valence-corrected chi connectivity index (χ3v) is 7.11. The van der Waals surface area contributed by atoms with Crippen LogP contribution in [0.15, 0.2) is 88.4 Å². The van der Waals surface area contributed by atoms with Crippen molar-refractivity contribution in [2.75, 3.05) is 13.2 Å². The highest BCUT2D eigenvalue weighted by Gasteiger charge is 2.17. The van der Waals surface area contributed by atoms with Crippen molar-refractivity contribution < 1.29 is 18.7 Å². The number of esters is 1. The van der Waals surface area contributed by atoms with E-state index in [1.807, 2.05) is 30.3 Å². The lowest BCUT2D eigenvalue weighted by Gasteiger charge is -2.11. The summed E-state index contributed by atoms with van der Waals surface area (Å²) in [6.07, 6.45) is 1.53. The van der Waals surface area contributed by atoms with Gasteiger partial charge in [-0.25, -0.2) is 9.78 Å². The van der Waals surface area contributed by atoms with Crippen LogP contribution in [-0.4, -0.2) is 35.1 Å². The summed E-state index contributed by atoms with van der Waals surface area (Å²) >= 11 is 10.4. The average Bonchev–Trinajstić information content (AvgIpc) is 3.31. The fraction of sp³-hybridized carbons (Fsp3) is 0.111. The average molecular weight is 704 g/mol. The van der Waals surface area contributed by atoms with E-state index in [9.17, 15) is 9.59 Å². The van der Waals surface area contributed by atoms with Gasteiger partial charge in [-0.1, -0.05) is 28.1 Å². The molecule has 2 aromatic heterocycles. The Balaban J connectivity index is 1.56. The van der Waals surface area contributed by atoms with Gasteiger partial charge in [-0.2, -0.15) is 9.78 Å². The van der Waals surface area contributed by atoms with Gasteiger partial charge >= 0.3 is 5.97 Å². The molecule has 5 aromatic rings. The molecule has 0 aliphatic carbocycles. The molecular formula is C27H18Br3N3O5. The molecule has 0 atom stereocenters. The molecule has 0 amide bonds. The number of halogens is 3. The summed E-state index contributed by atoms with van der Waals surface area (Å²) in [6, 6.07) is 18.1. The SMILES string of the molecule is CCOC(=O)COc1c(Br)cc(C=Nn2c(-c3cc4cc(Br)ccc4o3)nc3ccccc3c2=O)cc1Br. The van der Waals surface area contributed by atoms with Crippen molar-refractivity contribution in [2.45, 2.75) is 6.92 Å². The van der Waals surface area contributed by atoms with Crippen LogP contribution in [0.3, 0.4) is 0 Å². The first-order valence-electron chi connectivity index (χ1n) is 11.4. The molecule has 192 valence electrons. The molecule has 0 saturated carbocycles. The zero-order valence-corrected chi connectivity index (χ0v) is 24.5. The number of carbonyl (C=O) groups is 1. The van der Waals surface area contributed by atoms with E-state index in [-0.39, 0.29) is 24.6 Å². The zero-order chi connectivity index (χ0) is 26.8. The van der Waals surface area contributed by atoms with Gasteiger partial charge in [-0.15, -0.1) is 0 Å². The van der Waals surface area contributed by atoms with E-state index >= 15 is 0 Å². The van der Waals surface area contributed by atoms with E-state index < -0.39 is 5.97 Å². The smallest absolute Gasteiger partial charge is 0.344 e. The zero-order valence-electron chi connectivity index (χ0n) is 19.8. The maximum Gasteiger partial charge on any atom is 0.344 e. The highest BCUT2D eigenvalue weighted by molar-refractivity contribution is 9.11. The molecule has 2 heterocycles. The number of ether oxygens (including phenoxy) is 2. The first kappa shape index (κ1) is 26.3. The van der Waals surface area contributed by atoms with Crippen LogP contribution in [-0.2, 0) is 9.53 Å². The van der Waals surface area contributed by atoms with E-state index in [0.717, 1.165) is 9.86 Å². The standard InChI is InChI=1S/C27H18Br3N3O5/c1-2-36-24(34)14-37-25-19(29)9-15(10-20(25)30)13-31-33-26(32-21-6-4-3-5-18(21)27(33)35)23-12-16-11-17(28)7-8-22(16)38-23/h3-13H,2,14H2,1H3. The Labute approximate surface area is 241 Å². The molecule has 3 aromatic carbocycles. The Morgan fingerprint density at radius 2 is 1.84 bits per heavy atom. The molecule has 0 unspecified atom stereocenters. The van der Waals surface area contributed by atoms with Crippen LogP contribution in [0.4, 0.5) is 0 Å². The first-order valence-corrected chi connectivity index (χ1v) is 13.7. The molecule has 0 saturated heterocycles. The minimum Gasteiger partial charge on any atom is -0.480 e. The summed E-state index contributed by atoms with van der Waals surface area (Å²) in [5.74, 6) is 0.646. The third-order valence-electron chi connectivity index (χ3n) is 5.44. The van der Waals surface area contributed by atoms with Gasteiger partial charge in [0.05, 0.1) is 32.7 Å². The molecule has 0 N–H and O–H groups in total. The van der Waals surface area contributed by atoms with E-state index in [1.54, 1.807) is 37.3 Å². The second-order valence-electron chi connectivity index (χ2n) is 8.01. The maximum absolute atomic E-state index is 13.5. The van der Waals surface area contributed by atoms with Gasteiger partial charge in [0, 0.05) is 9.86 Å². The highest BCUT2D eigenvalue weighted by atomic mass is 79.9. The summed E-state index contributed by atoms with van der Waals surface area (Å²) in [4.78, 5) is 29.8. The first-order chi connectivity index (χ1) is 18.3. The van der Waals surface area contributed by atoms with Crippen molar-refractivity contribution in [3.63, 3.8) is 0 Å². The molecule has 0 radical (unpaired) electrons. The lowest BCUT2D eigenvalue weighted by molar-refractivity contribution is -0.145. The summed E-state index contributed by atoms with van der Waals surface area (Å²) in [7, 11) is 0. The maximum atomic E-state index is 13.5. The van der Waals surface area contributed by atoms with Gasteiger partial charge in [0.15, 0.2) is 12.4 Å². The molecule has 0 aliphatic heterocycles. The van der Waals surface area contributed by atoms with E-state index in [1.165, 1.54) is 10.9 Å². The summed E-state index contributed by atoms with van der Waals surface area (Å²) in [6.45, 7) is 1.78. The molecule has 38 heavy (non-hydrogen) atoms. The van der Waals surface area contributed by atoms with Crippen molar-refractivity contribution in [3.8, 4) is 17.3 Å². The third kappa shape index (κ3) is 5.45. The second kappa shape index (κ2) is 11.2. The van der Waals surface area contributed by atoms with E-state index in [2.05, 4.69) is 52.9 Å². The van der Waals surface area contributed by atoms with Gasteiger partial charge in [0.2, 0.25) is 5.82 Å². The molecule has 8 nitrogen and oxygen atoms in total. The fourth-order valence-electron chi connectivity index (χ4n) is 3.76. The van der Waals surface area contributed by atoms with Gasteiger partial charge in [0.25, 0.3) is 5.56 Å². The van der Waals surface area contributed by atoms with Crippen LogP contribution in [0.2, 0.25) is 0 Å². The summed E-state index contributed by atoms with van der Waals surface area (Å²) in [5.41, 5.74) is 1.52. The number of fused-ring (bicyclic) bond motifs is 2. The van der Waals surface area contributed by atoms with Crippen LogP contribution < -0.4 is 10.3 Å².